The van der Waals surface area contributed by atoms with Gasteiger partial charge in [-0.25, -0.2) is 0 Å². The van der Waals surface area contributed by atoms with Crippen LogP contribution in [0.4, 0.5) is 0 Å². The monoisotopic (exact) mass is 221 g/mol. The molecule has 1 saturated carbocycles. The number of hydrogen-bond donors (Lipinski definition) is 1. The highest BCUT2D eigenvalue weighted by Crippen LogP contribution is 2.32. The van der Waals surface area contributed by atoms with Crippen molar-refractivity contribution in [3.63, 3.8) is 0 Å². The zero-order chi connectivity index (χ0) is 11.4. The molecular formula is C13H19NO2. The predicted octanol–water partition coefficient (Wildman–Crippen LogP) is 2.13. The summed E-state index contributed by atoms with van der Waals surface area (Å²) < 4.78 is 11.2. The predicted molar refractivity (Wildman–Crippen MR) is 64.0 cm³/mol. The van der Waals surface area contributed by atoms with Crippen molar-refractivity contribution >= 4 is 0 Å². The van der Waals surface area contributed by atoms with Gasteiger partial charge in [0.25, 0.3) is 0 Å². The Balaban J connectivity index is 2.10. The van der Waals surface area contributed by atoms with Crippen LogP contribution in [0.2, 0.25) is 0 Å². The fourth-order valence-corrected chi connectivity index (χ4v) is 1.80. The van der Waals surface area contributed by atoms with E-state index >= 15 is 0 Å². The molecule has 0 unspecified atom stereocenters. The highest BCUT2D eigenvalue weighted by molar-refractivity contribution is 5.43. The largest absolute Gasteiger partial charge is 0.493 e. The molecule has 0 spiro atoms. The molecular weight excluding hydrogens is 202 g/mol. The Morgan fingerprint density at radius 1 is 1.31 bits per heavy atom. The average molecular weight is 221 g/mol. The molecule has 3 heteroatoms. The van der Waals surface area contributed by atoms with E-state index in [4.69, 9.17) is 15.2 Å². The number of ether oxygens (including phenoxy) is 2. The van der Waals surface area contributed by atoms with Gasteiger partial charge in [-0.05, 0) is 49.9 Å². The van der Waals surface area contributed by atoms with Gasteiger partial charge in [0.1, 0.15) is 0 Å². The molecule has 0 radical (unpaired) electrons. The van der Waals surface area contributed by atoms with E-state index in [1.807, 2.05) is 12.1 Å². The number of methoxy groups -OCH3 is 1. The molecule has 16 heavy (non-hydrogen) atoms. The molecule has 0 amide bonds. The van der Waals surface area contributed by atoms with Crippen LogP contribution in [0.5, 0.6) is 11.5 Å². The normalized spacial score (nSPS) is 15.6. The summed E-state index contributed by atoms with van der Waals surface area (Å²) in [6.45, 7) is 0.659. The highest BCUT2D eigenvalue weighted by Gasteiger charge is 2.20. The molecule has 2 rings (SSSR count). The maximum Gasteiger partial charge on any atom is 0.161 e. The van der Waals surface area contributed by atoms with Crippen molar-refractivity contribution in [2.45, 2.75) is 31.8 Å². The molecule has 1 aromatic rings. The lowest BCUT2D eigenvalue weighted by molar-refractivity contribution is 0.116. The first-order valence-corrected chi connectivity index (χ1v) is 5.87. The van der Waals surface area contributed by atoms with Crippen molar-refractivity contribution in [2.24, 2.45) is 5.73 Å². The molecule has 2 N–H and O–H groups in total. The topological polar surface area (TPSA) is 44.5 Å². The lowest BCUT2D eigenvalue weighted by Gasteiger charge is -2.27. The van der Waals surface area contributed by atoms with Crippen molar-refractivity contribution < 1.29 is 9.47 Å². The molecule has 0 atom stereocenters. The summed E-state index contributed by atoms with van der Waals surface area (Å²) in [5.74, 6) is 1.67. The lowest BCUT2D eigenvalue weighted by Crippen LogP contribution is -2.24. The van der Waals surface area contributed by atoms with E-state index in [0.29, 0.717) is 12.6 Å². The van der Waals surface area contributed by atoms with Crippen LogP contribution in [0.25, 0.3) is 0 Å². The summed E-state index contributed by atoms with van der Waals surface area (Å²) in [5, 5.41) is 0. The van der Waals surface area contributed by atoms with Crippen LogP contribution < -0.4 is 15.2 Å². The number of rotatable bonds is 5. The minimum absolute atomic E-state index is 0.384. The zero-order valence-electron chi connectivity index (χ0n) is 9.74. The molecule has 0 heterocycles. The van der Waals surface area contributed by atoms with Crippen LogP contribution in [0.3, 0.4) is 0 Å². The van der Waals surface area contributed by atoms with Gasteiger partial charge in [0.2, 0.25) is 0 Å². The van der Waals surface area contributed by atoms with Gasteiger partial charge in [0.05, 0.1) is 13.2 Å². The molecule has 0 aliphatic heterocycles. The van der Waals surface area contributed by atoms with E-state index in [1.54, 1.807) is 7.11 Å². The first-order chi connectivity index (χ1) is 7.83. The number of hydrogen-bond acceptors (Lipinski definition) is 3. The molecule has 1 fully saturated rings. The van der Waals surface area contributed by atoms with E-state index < -0.39 is 0 Å². The molecule has 3 nitrogen and oxygen atoms in total. The van der Waals surface area contributed by atoms with E-state index in [-0.39, 0.29) is 0 Å². The standard InChI is InChI=1S/C13H19NO2/c1-15-13-9-10(7-8-14)5-6-12(13)16-11-3-2-4-11/h5-6,9,11H,2-4,7-8,14H2,1H3. The fraction of sp³-hybridized carbons (Fsp3) is 0.538. The second-order valence-corrected chi connectivity index (χ2v) is 4.19. The summed E-state index contributed by atoms with van der Waals surface area (Å²) in [6.07, 6.45) is 4.86. The summed E-state index contributed by atoms with van der Waals surface area (Å²) in [4.78, 5) is 0. The van der Waals surface area contributed by atoms with Crippen molar-refractivity contribution in [3.05, 3.63) is 23.8 Å². The third-order valence-electron chi connectivity index (χ3n) is 3.01. The minimum atomic E-state index is 0.384. The van der Waals surface area contributed by atoms with Gasteiger partial charge in [-0.1, -0.05) is 6.07 Å². The smallest absolute Gasteiger partial charge is 0.161 e. The SMILES string of the molecule is COc1cc(CCN)ccc1OC1CCC1. The van der Waals surface area contributed by atoms with Gasteiger partial charge in [-0.2, -0.15) is 0 Å². The first-order valence-electron chi connectivity index (χ1n) is 5.87. The van der Waals surface area contributed by atoms with E-state index in [1.165, 1.54) is 12.0 Å². The van der Waals surface area contributed by atoms with Crippen molar-refractivity contribution in [2.75, 3.05) is 13.7 Å². The Morgan fingerprint density at radius 2 is 2.12 bits per heavy atom. The summed E-state index contributed by atoms with van der Waals surface area (Å²) >= 11 is 0. The Labute approximate surface area is 96.5 Å². The fourth-order valence-electron chi connectivity index (χ4n) is 1.80. The Hall–Kier alpha value is -1.22. The van der Waals surface area contributed by atoms with Crippen molar-refractivity contribution in [1.29, 1.82) is 0 Å². The van der Waals surface area contributed by atoms with E-state index in [9.17, 15) is 0 Å². The maximum absolute atomic E-state index is 5.85. The second kappa shape index (κ2) is 5.21. The lowest BCUT2D eigenvalue weighted by atomic mass is 9.96. The molecule has 0 bridgehead atoms. The quantitative estimate of drug-likeness (QED) is 0.828. The van der Waals surface area contributed by atoms with Crippen LogP contribution in [-0.4, -0.2) is 19.8 Å². The van der Waals surface area contributed by atoms with Gasteiger partial charge < -0.3 is 15.2 Å². The Kier molecular flexibility index (Phi) is 3.67. The first kappa shape index (κ1) is 11.3. The van der Waals surface area contributed by atoms with Gasteiger partial charge >= 0.3 is 0 Å². The van der Waals surface area contributed by atoms with Crippen LogP contribution in [-0.2, 0) is 6.42 Å². The molecule has 1 aliphatic rings. The molecule has 0 saturated heterocycles. The van der Waals surface area contributed by atoms with Crippen molar-refractivity contribution in [1.82, 2.24) is 0 Å². The third-order valence-corrected chi connectivity index (χ3v) is 3.01. The van der Waals surface area contributed by atoms with Gasteiger partial charge in [0.15, 0.2) is 11.5 Å². The molecule has 88 valence electrons. The second-order valence-electron chi connectivity index (χ2n) is 4.19. The molecule has 0 aromatic heterocycles. The Morgan fingerprint density at radius 3 is 2.69 bits per heavy atom. The summed E-state index contributed by atoms with van der Waals surface area (Å²) in [6, 6.07) is 6.06. The molecule has 1 aliphatic carbocycles. The van der Waals surface area contributed by atoms with E-state index in [2.05, 4.69) is 6.07 Å². The third kappa shape index (κ3) is 2.47. The van der Waals surface area contributed by atoms with Crippen LogP contribution >= 0.6 is 0 Å². The van der Waals surface area contributed by atoms with Gasteiger partial charge in [-0.15, -0.1) is 0 Å². The van der Waals surface area contributed by atoms with E-state index in [0.717, 1.165) is 30.8 Å². The molecule has 1 aromatic carbocycles. The van der Waals surface area contributed by atoms with Gasteiger partial charge in [-0.3, -0.25) is 0 Å². The zero-order valence-corrected chi connectivity index (χ0v) is 9.74. The maximum atomic E-state index is 5.85. The average Bonchev–Trinajstić information content (AvgIpc) is 2.25. The summed E-state index contributed by atoms with van der Waals surface area (Å²) in [5.41, 5.74) is 6.72. The van der Waals surface area contributed by atoms with Crippen LogP contribution in [0, 0.1) is 0 Å². The summed E-state index contributed by atoms with van der Waals surface area (Å²) in [7, 11) is 1.68. The highest BCUT2D eigenvalue weighted by atomic mass is 16.5. The minimum Gasteiger partial charge on any atom is -0.493 e. The Bertz CT molecular complexity index is 348. The van der Waals surface area contributed by atoms with Gasteiger partial charge in [0, 0.05) is 0 Å². The van der Waals surface area contributed by atoms with Crippen LogP contribution in [0.15, 0.2) is 18.2 Å². The van der Waals surface area contributed by atoms with Crippen LogP contribution in [0.1, 0.15) is 24.8 Å². The number of benzene rings is 1. The van der Waals surface area contributed by atoms with Crippen molar-refractivity contribution in [3.8, 4) is 11.5 Å². The number of nitrogens with two attached hydrogens (primary N) is 1.